The summed E-state index contributed by atoms with van der Waals surface area (Å²) in [7, 11) is 0. The molecule has 0 aromatic rings. The van der Waals surface area contributed by atoms with Crippen molar-refractivity contribution in [2.45, 2.75) is 68.3 Å². The molecule has 1 unspecified atom stereocenters. The Labute approximate surface area is 147 Å². The normalized spacial score (nSPS) is 26.7. The van der Waals surface area contributed by atoms with Crippen LogP contribution in [0, 0.1) is 0 Å². The van der Waals surface area contributed by atoms with Crippen LogP contribution in [0.4, 0.5) is 4.79 Å². The van der Waals surface area contributed by atoms with Gasteiger partial charge in [0, 0.05) is 17.6 Å². The predicted molar refractivity (Wildman–Crippen MR) is 94.3 cm³/mol. The number of nitrogens with one attached hydrogen (secondary N) is 3. The Hall–Kier alpha value is -0.990. The number of aliphatic hydroxyl groups excluding tert-OH is 1. The molecule has 0 bridgehead atoms. The number of rotatable bonds is 12. The number of unbranched alkanes of at least 4 members (excludes halogenated alkanes) is 3. The number of thioether (sulfide) groups is 1. The maximum Gasteiger partial charge on any atom is 0.320 e. The Kier molecular flexibility index (Phi) is 8.14. The summed E-state index contributed by atoms with van der Waals surface area (Å²) in [5, 5.41) is 27.4. The highest BCUT2D eigenvalue weighted by atomic mass is 32.2. The van der Waals surface area contributed by atoms with Crippen LogP contribution in [0.15, 0.2) is 0 Å². The molecule has 0 aliphatic carbocycles. The SMILES string of the molecule is O=C1N[C@H]2[C@H](CS[C@H]2CCCC(NCCCCCCO)C(=O)O)N1. The van der Waals surface area contributed by atoms with Gasteiger partial charge in [-0.2, -0.15) is 11.8 Å². The van der Waals surface area contributed by atoms with Gasteiger partial charge in [0.1, 0.15) is 6.04 Å². The Balaban J connectivity index is 1.61. The van der Waals surface area contributed by atoms with Gasteiger partial charge in [0.25, 0.3) is 0 Å². The summed E-state index contributed by atoms with van der Waals surface area (Å²) < 4.78 is 0. The van der Waals surface area contributed by atoms with Crippen LogP contribution >= 0.6 is 11.8 Å². The third kappa shape index (κ3) is 5.82. The molecule has 0 aromatic heterocycles. The van der Waals surface area contributed by atoms with E-state index in [0.29, 0.717) is 18.2 Å². The number of amides is 2. The maximum atomic E-state index is 11.4. The minimum absolute atomic E-state index is 0.0819. The number of aliphatic hydroxyl groups is 1. The van der Waals surface area contributed by atoms with Gasteiger partial charge in [-0.05, 0) is 32.2 Å². The summed E-state index contributed by atoms with van der Waals surface area (Å²) in [6.07, 6.45) is 6.12. The van der Waals surface area contributed by atoms with Crippen molar-refractivity contribution >= 4 is 23.8 Å². The van der Waals surface area contributed by atoms with Crippen LogP contribution in [-0.2, 0) is 4.79 Å². The average molecular weight is 359 g/mol. The number of fused-ring (bicyclic) bond motifs is 1. The molecule has 0 radical (unpaired) electrons. The van der Waals surface area contributed by atoms with Crippen molar-refractivity contribution in [2.75, 3.05) is 18.9 Å². The zero-order valence-electron chi connectivity index (χ0n) is 14.0. The fourth-order valence-electron chi connectivity index (χ4n) is 3.35. The van der Waals surface area contributed by atoms with Gasteiger partial charge in [-0.1, -0.05) is 19.3 Å². The smallest absolute Gasteiger partial charge is 0.320 e. The highest BCUT2D eigenvalue weighted by Crippen LogP contribution is 2.33. The molecule has 2 fully saturated rings. The summed E-state index contributed by atoms with van der Waals surface area (Å²) in [6.45, 7) is 0.924. The zero-order chi connectivity index (χ0) is 17.4. The number of urea groups is 1. The summed E-state index contributed by atoms with van der Waals surface area (Å²) in [5.41, 5.74) is 0. The van der Waals surface area contributed by atoms with Crippen LogP contribution in [-0.4, -0.2) is 64.5 Å². The second-order valence-electron chi connectivity index (χ2n) is 6.54. The predicted octanol–water partition coefficient (Wildman–Crippen LogP) is 0.918. The largest absolute Gasteiger partial charge is 0.480 e. The fraction of sp³-hybridized carbons (Fsp3) is 0.875. The van der Waals surface area contributed by atoms with E-state index in [-0.39, 0.29) is 24.7 Å². The minimum Gasteiger partial charge on any atom is -0.480 e. The number of hydrogen-bond donors (Lipinski definition) is 5. The first kappa shape index (κ1) is 19.3. The molecule has 5 N–H and O–H groups in total. The average Bonchev–Trinajstić information content (AvgIpc) is 3.08. The van der Waals surface area contributed by atoms with Gasteiger partial charge in [0.05, 0.1) is 12.1 Å². The van der Waals surface area contributed by atoms with Gasteiger partial charge in [0.2, 0.25) is 0 Å². The van der Waals surface area contributed by atoms with Crippen molar-refractivity contribution in [1.29, 1.82) is 0 Å². The van der Waals surface area contributed by atoms with Crippen LogP contribution in [0.1, 0.15) is 44.9 Å². The van der Waals surface area contributed by atoms with Crippen LogP contribution in [0.3, 0.4) is 0 Å². The standard InChI is InChI=1S/C16H29N3O4S/c20-9-4-2-1-3-8-17-11(15(21)22)6-5-7-13-14-12(10-24-13)18-16(23)19-14/h11-14,17,20H,1-10H2,(H,21,22)(H2,18,19,23)/t11?,12-,13-,14-/m0/s1. The summed E-state index contributed by atoms with van der Waals surface area (Å²) in [5.74, 6) is 0.140. The molecule has 2 amide bonds. The van der Waals surface area contributed by atoms with Crippen LogP contribution in [0.25, 0.3) is 0 Å². The quantitative estimate of drug-likeness (QED) is 0.262. The molecule has 0 saturated carbocycles. The van der Waals surface area contributed by atoms with Crippen molar-refractivity contribution in [1.82, 2.24) is 16.0 Å². The van der Waals surface area contributed by atoms with Gasteiger partial charge < -0.3 is 26.2 Å². The lowest BCUT2D eigenvalue weighted by atomic mass is 10.0. The van der Waals surface area contributed by atoms with Crippen LogP contribution in [0.2, 0.25) is 0 Å². The Morgan fingerprint density at radius 1 is 1.25 bits per heavy atom. The molecule has 2 saturated heterocycles. The molecule has 24 heavy (non-hydrogen) atoms. The molecule has 2 aliphatic rings. The van der Waals surface area contributed by atoms with E-state index >= 15 is 0 Å². The van der Waals surface area contributed by atoms with Crippen molar-refractivity contribution in [3.8, 4) is 0 Å². The van der Waals surface area contributed by atoms with Gasteiger partial charge in [-0.3, -0.25) is 4.79 Å². The number of carboxylic acids is 1. The zero-order valence-corrected chi connectivity index (χ0v) is 14.8. The topological polar surface area (TPSA) is 111 Å². The first-order valence-corrected chi connectivity index (χ1v) is 9.92. The maximum absolute atomic E-state index is 11.4. The van der Waals surface area contributed by atoms with Crippen molar-refractivity contribution in [2.24, 2.45) is 0 Å². The second kappa shape index (κ2) is 10.1. The third-order valence-electron chi connectivity index (χ3n) is 4.69. The lowest BCUT2D eigenvalue weighted by Crippen LogP contribution is -2.38. The molecule has 2 heterocycles. The van der Waals surface area contributed by atoms with Gasteiger partial charge in [0.15, 0.2) is 0 Å². The molecule has 138 valence electrons. The van der Waals surface area contributed by atoms with E-state index in [0.717, 1.165) is 44.3 Å². The Morgan fingerprint density at radius 3 is 2.79 bits per heavy atom. The molecule has 4 atom stereocenters. The molecule has 2 rings (SSSR count). The summed E-state index contributed by atoms with van der Waals surface area (Å²) in [4.78, 5) is 22.7. The molecule has 2 aliphatic heterocycles. The first-order valence-electron chi connectivity index (χ1n) is 8.87. The highest BCUT2D eigenvalue weighted by molar-refractivity contribution is 8.00. The van der Waals surface area contributed by atoms with Gasteiger partial charge in [-0.15, -0.1) is 0 Å². The van der Waals surface area contributed by atoms with Crippen LogP contribution < -0.4 is 16.0 Å². The summed E-state index contributed by atoms with van der Waals surface area (Å²) >= 11 is 1.86. The Bertz CT molecular complexity index is 424. The molecular formula is C16H29N3O4S. The monoisotopic (exact) mass is 359 g/mol. The number of hydrogen-bond acceptors (Lipinski definition) is 5. The lowest BCUT2D eigenvalue weighted by molar-refractivity contribution is -0.139. The molecular weight excluding hydrogens is 330 g/mol. The van der Waals surface area contributed by atoms with Crippen molar-refractivity contribution in [3.63, 3.8) is 0 Å². The molecule has 7 nitrogen and oxygen atoms in total. The van der Waals surface area contributed by atoms with E-state index in [4.69, 9.17) is 5.11 Å². The number of carboxylic acid groups (broad SMARTS) is 1. The molecule has 0 aromatic carbocycles. The van der Waals surface area contributed by atoms with E-state index in [1.165, 1.54) is 0 Å². The van der Waals surface area contributed by atoms with Crippen molar-refractivity contribution in [3.05, 3.63) is 0 Å². The number of carbonyl (C=O) groups is 2. The third-order valence-corrected chi connectivity index (χ3v) is 6.20. The summed E-state index contributed by atoms with van der Waals surface area (Å²) in [6, 6.07) is -0.173. The molecule has 0 spiro atoms. The number of carbonyl (C=O) groups excluding carboxylic acids is 1. The lowest BCUT2D eigenvalue weighted by Gasteiger charge is -2.18. The molecule has 8 heteroatoms. The van der Waals surface area contributed by atoms with Gasteiger partial charge >= 0.3 is 12.0 Å². The van der Waals surface area contributed by atoms with E-state index < -0.39 is 12.0 Å². The van der Waals surface area contributed by atoms with E-state index in [1.54, 1.807) is 0 Å². The van der Waals surface area contributed by atoms with Gasteiger partial charge in [-0.25, -0.2) is 4.79 Å². The van der Waals surface area contributed by atoms with E-state index in [2.05, 4.69) is 16.0 Å². The Morgan fingerprint density at radius 2 is 2.04 bits per heavy atom. The first-order chi connectivity index (χ1) is 11.6. The van der Waals surface area contributed by atoms with Crippen molar-refractivity contribution < 1.29 is 19.8 Å². The second-order valence-corrected chi connectivity index (χ2v) is 7.81. The minimum atomic E-state index is -0.793. The number of aliphatic carboxylic acids is 1. The van der Waals surface area contributed by atoms with E-state index in [9.17, 15) is 14.7 Å². The highest BCUT2D eigenvalue weighted by Gasteiger charge is 2.42. The van der Waals surface area contributed by atoms with Crippen LogP contribution in [0.5, 0.6) is 0 Å². The van der Waals surface area contributed by atoms with E-state index in [1.807, 2.05) is 11.8 Å². The fourth-order valence-corrected chi connectivity index (χ4v) is 4.89.